The maximum Gasteiger partial charge on any atom is 0.231 e. The number of carbonyl (C=O) groups is 1. The van der Waals surface area contributed by atoms with E-state index in [4.69, 9.17) is 14.2 Å². The van der Waals surface area contributed by atoms with Crippen molar-refractivity contribution in [2.75, 3.05) is 7.11 Å². The fourth-order valence-electron chi connectivity index (χ4n) is 4.40. The van der Waals surface area contributed by atoms with Crippen molar-refractivity contribution in [3.8, 4) is 17.2 Å². The smallest absolute Gasteiger partial charge is 0.231 e. The van der Waals surface area contributed by atoms with Gasteiger partial charge in [0.25, 0.3) is 0 Å². The number of benzene rings is 3. The van der Waals surface area contributed by atoms with Crippen molar-refractivity contribution in [2.24, 2.45) is 0 Å². The number of rotatable bonds is 6. The first-order valence-electron chi connectivity index (χ1n) is 11.5. The van der Waals surface area contributed by atoms with E-state index in [1.54, 1.807) is 20.1 Å². The van der Waals surface area contributed by atoms with Crippen molar-refractivity contribution < 1.29 is 41.0 Å². The van der Waals surface area contributed by atoms with Crippen LogP contribution in [0.4, 0.5) is 22.0 Å². The van der Waals surface area contributed by atoms with E-state index in [0.717, 1.165) is 16.5 Å². The highest BCUT2D eigenvalue weighted by Crippen LogP contribution is 2.40. The zero-order chi connectivity index (χ0) is 27.3. The molecule has 0 radical (unpaired) electrons. The lowest BCUT2D eigenvalue weighted by Crippen LogP contribution is -2.10. The summed E-state index contributed by atoms with van der Waals surface area (Å²) in [5.41, 5.74) is 1.14. The number of hydrogen-bond donors (Lipinski definition) is 0. The Bertz CT molecular complexity index is 1630. The van der Waals surface area contributed by atoms with E-state index in [2.05, 4.69) is 0 Å². The minimum Gasteiger partial charge on any atom is -0.497 e. The number of aryl methyl sites for hydroxylation is 1. The number of methoxy groups -OCH3 is 1. The van der Waals surface area contributed by atoms with E-state index in [1.165, 1.54) is 12.1 Å². The highest BCUT2D eigenvalue weighted by atomic mass is 19.2. The highest BCUT2D eigenvalue weighted by molar-refractivity contribution is 6.15. The van der Waals surface area contributed by atoms with Gasteiger partial charge in [-0.1, -0.05) is 0 Å². The first-order valence-corrected chi connectivity index (χ1v) is 11.5. The largest absolute Gasteiger partial charge is 0.497 e. The summed E-state index contributed by atoms with van der Waals surface area (Å²) in [7, 11) is 1.56. The standard InChI is InChI=1S/C28H20F5NO4/c1-4-34-11-14(17-10-15(36-3)5-7-19(17)34)9-21-27(35)16-6-8-20(13(2)28(16)38-21)37-12-18-22(29)24(31)26(33)25(32)23(18)30/h5-11H,4,12H2,1-3H3/b21-9-. The van der Waals surface area contributed by atoms with Crippen LogP contribution in [-0.2, 0) is 13.2 Å². The lowest BCUT2D eigenvalue weighted by molar-refractivity contribution is 0.101. The summed E-state index contributed by atoms with van der Waals surface area (Å²) in [6, 6.07) is 8.41. The maximum atomic E-state index is 14.0. The van der Waals surface area contributed by atoms with Crippen LogP contribution in [0.5, 0.6) is 17.2 Å². The molecule has 0 aliphatic carbocycles. The molecule has 1 aliphatic rings. The highest BCUT2D eigenvalue weighted by Gasteiger charge is 2.31. The average Bonchev–Trinajstić information content (AvgIpc) is 3.44. The Morgan fingerprint density at radius 1 is 0.974 bits per heavy atom. The molecule has 0 spiro atoms. The lowest BCUT2D eigenvalue weighted by Gasteiger charge is -2.13. The summed E-state index contributed by atoms with van der Waals surface area (Å²) >= 11 is 0. The number of allylic oxidation sites excluding steroid dienone is 1. The van der Waals surface area contributed by atoms with Gasteiger partial charge in [0.2, 0.25) is 11.6 Å². The quantitative estimate of drug-likeness (QED) is 0.118. The summed E-state index contributed by atoms with van der Waals surface area (Å²) in [4.78, 5) is 13.1. The van der Waals surface area contributed by atoms with Gasteiger partial charge in [0.05, 0.1) is 18.2 Å². The van der Waals surface area contributed by atoms with Crippen molar-refractivity contribution in [1.82, 2.24) is 4.57 Å². The molecule has 4 aromatic rings. The van der Waals surface area contributed by atoms with Gasteiger partial charge in [-0.2, -0.15) is 0 Å². The third-order valence-electron chi connectivity index (χ3n) is 6.46. The van der Waals surface area contributed by atoms with Crippen LogP contribution in [0.1, 0.15) is 34.0 Å². The Balaban J connectivity index is 1.46. The SMILES string of the molecule is CCn1cc(/C=C2\Oc3c(ccc(OCc4c(F)c(F)c(F)c(F)c4F)c3C)C2=O)c2cc(OC)ccc21. The van der Waals surface area contributed by atoms with Gasteiger partial charge in [-0.05, 0) is 50.3 Å². The minimum atomic E-state index is -2.25. The number of fused-ring (bicyclic) bond motifs is 2. The molecular weight excluding hydrogens is 509 g/mol. The molecule has 0 saturated heterocycles. The predicted octanol–water partition coefficient (Wildman–Crippen LogP) is 6.87. The lowest BCUT2D eigenvalue weighted by atomic mass is 10.1. The maximum absolute atomic E-state index is 14.0. The van der Waals surface area contributed by atoms with E-state index in [9.17, 15) is 26.7 Å². The normalized spacial score (nSPS) is 13.8. The second-order valence-corrected chi connectivity index (χ2v) is 8.60. The van der Waals surface area contributed by atoms with Gasteiger partial charge in [-0.25, -0.2) is 22.0 Å². The van der Waals surface area contributed by atoms with Crippen LogP contribution in [0.3, 0.4) is 0 Å². The summed E-state index contributed by atoms with van der Waals surface area (Å²) < 4.78 is 87.0. The van der Waals surface area contributed by atoms with Crippen LogP contribution in [0, 0.1) is 36.0 Å². The van der Waals surface area contributed by atoms with Crippen LogP contribution in [0.2, 0.25) is 0 Å². The molecule has 10 heteroatoms. The Morgan fingerprint density at radius 3 is 2.32 bits per heavy atom. The van der Waals surface area contributed by atoms with Gasteiger partial charge in [0, 0.05) is 34.8 Å². The molecule has 0 saturated carbocycles. The predicted molar refractivity (Wildman–Crippen MR) is 129 cm³/mol. The molecule has 1 aromatic heterocycles. The topological polar surface area (TPSA) is 49.7 Å². The summed E-state index contributed by atoms with van der Waals surface area (Å²) in [5, 5.41) is 0.856. The van der Waals surface area contributed by atoms with Crippen molar-refractivity contribution in [3.63, 3.8) is 0 Å². The third-order valence-corrected chi connectivity index (χ3v) is 6.46. The van der Waals surface area contributed by atoms with Gasteiger partial charge in [-0.3, -0.25) is 4.79 Å². The van der Waals surface area contributed by atoms with Gasteiger partial charge in [-0.15, -0.1) is 0 Å². The van der Waals surface area contributed by atoms with Gasteiger partial charge >= 0.3 is 0 Å². The molecule has 0 fully saturated rings. The van der Waals surface area contributed by atoms with Crippen LogP contribution < -0.4 is 14.2 Å². The number of nitrogens with zero attached hydrogens (tertiary/aromatic N) is 1. The molecule has 0 amide bonds. The number of halogens is 5. The molecule has 2 heterocycles. The first kappa shape index (κ1) is 25.3. The van der Waals surface area contributed by atoms with Crippen LogP contribution >= 0.6 is 0 Å². The Hall–Kier alpha value is -4.34. The molecule has 1 aliphatic heterocycles. The van der Waals surface area contributed by atoms with Crippen molar-refractivity contribution in [1.29, 1.82) is 0 Å². The van der Waals surface area contributed by atoms with Gasteiger partial charge in [0.15, 0.2) is 29.0 Å². The van der Waals surface area contributed by atoms with Crippen LogP contribution in [0.25, 0.3) is 17.0 Å². The zero-order valence-electron chi connectivity index (χ0n) is 20.4. The number of carbonyl (C=O) groups excluding carboxylic acids is 1. The van der Waals surface area contributed by atoms with E-state index in [1.807, 2.05) is 35.9 Å². The third kappa shape index (κ3) is 3.96. The molecule has 0 unspecified atom stereocenters. The van der Waals surface area contributed by atoms with Crippen LogP contribution in [-0.4, -0.2) is 17.5 Å². The Labute approximate surface area is 213 Å². The fraction of sp³-hybridized carbons (Fsp3) is 0.179. The van der Waals surface area contributed by atoms with Gasteiger partial charge in [0.1, 0.15) is 23.9 Å². The number of aromatic nitrogens is 1. The van der Waals surface area contributed by atoms with Crippen molar-refractivity contribution in [3.05, 3.63) is 93.6 Å². The first-order chi connectivity index (χ1) is 18.2. The summed E-state index contributed by atoms with van der Waals surface area (Å²) in [6.07, 6.45) is 3.51. The molecular formula is C28H20F5NO4. The van der Waals surface area contributed by atoms with Crippen LogP contribution in [0.15, 0.2) is 42.3 Å². The fourth-order valence-corrected chi connectivity index (χ4v) is 4.40. The van der Waals surface area contributed by atoms with Gasteiger partial charge < -0.3 is 18.8 Å². The number of Topliss-reactive ketones (excluding diaryl/α,β-unsaturated/α-hetero) is 1. The van der Waals surface area contributed by atoms with E-state index in [0.29, 0.717) is 17.9 Å². The monoisotopic (exact) mass is 529 g/mol. The van der Waals surface area contributed by atoms with E-state index < -0.39 is 41.3 Å². The number of ether oxygens (including phenoxy) is 3. The van der Waals surface area contributed by atoms with Crippen molar-refractivity contribution in [2.45, 2.75) is 27.0 Å². The number of ketones is 1. The molecule has 0 atom stereocenters. The Kier molecular flexibility index (Phi) is 6.34. The number of hydrogen-bond acceptors (Lipinski definition) is 4. The molecule has 5 rings (SSSR count). The molecule has 38 heavy (non-hydrogen) atoms. The molecule has 196 valence electrons. The molecule has 5 nitrogen and oxygen atoms in total. The molecule has 3 aromatic carbocycles. The molecule has 0 N–H and O–H groups in total. The van der Waals surface area contributed by atoms with E-state index in [-0.39, 0.29) is 28.6 Å². The second-order valence-electron chi connectivity index (χ2n) is 8.60. The second kappa shape index (κ2) is 9.51. The van der Waals surface area contributed by atoms with E-state index >= 15 is 0 Å². The molecule has 0 bridgehead atoms. The minimum absolute atomic E-state index is 0.0501. The Morgan fingerprint density at radius 2 is 1.66 bits per heavy atom. The average molecular weight is 529 g/mol. The summed E-state index contributed by atoms with van der Waals surface area (Å²) in [6.45, 7) is 3.31. The zero-order valence-corrected chi connectivity index (χ0v) is 20.4. The summed E-state index contributed by atoms with van der Waals surface area (Å²) in [5.74, 6) is -9.75. The van der Waals surface area contributed by atoms with Crippen molar-refractivity contribution >= 4 is 22.8 Å².